The van der Waals surface area contributed by atoms with Crippen LogP contribution < -0.4 is 5.32 Å². The maximum absolute atomic E-state index is 4.46. The summed E-state index contributed by atoms with van der Waals surface area (Å²) in [7, 11) is 0. The molecule has 0 atom stereocenters. The van der Waals surface area contributed by atoms with Gasteiger partial charge in [-0.15, -0.1) is 0 Å². The van der Waals surface area contributed by atoms with Crippen LogP contribution in [0, 0.1) is 5.92 Å². The molecular formula is C10H9N2. The van der Waals surface area contributed by atoms with Crippen LogP contribution in [-0.4, -0.2) is 5.84 Å². The maximum atomic E-state index is 4.46. The minimum atomic E-state index is 0.664. The number of aliphatic imine (C=N–C) groups is 1. The fourth-order valence-electron chi connectivity index (χ4n) is 1.45. The monoisotopic (exact) mass is 157 g/mol. The van der Waals surface area contributed by atoms with Crippen LogP contribution in [0.15, 0.2) is 29.3 Å². The Hall–Kier alpha value is -1.31. The van der Waals surface area contributed by atoms with E-state index in [4.69, 9.17) is 0 Å². The van der Waals surface area contributed by atoms with Gasteiger partial charge in [-0.1, -0.05) is 12.1 Å². The van der Waals surface area contributed by atoms with Crippen molar-refractivity contribution in [2.45, 2.75) is 12.8 Å². The molecule has 3 rings (SSSR count). The highest BCUT2D eigenvalue weighted by atomic mass is 15.1. The molecule has 0 bridgehead atoms. The van der Waals surface area contributed by atoms with Crippen molar-refractivity contribution >= 4 is 17.2 Å². The molecule has 1 aromatic carbocycles. The summed E-state index contributed by atoms with van der Waals surface area (Å²) in [6.45, 7) is 0. The lowest BCUT2D eigenvalue weighted by Crippen LogP contribution is -2.07. The van der Waals surface area contributed by atoms with Gasteiger partial charge in [0.15, 0.2) is 0 Å². The summed E-state index contributed by atoms with van der Waals surface area (Å²) in [5.41, 5.74) is 2.08. The van der Waals surface area contributed by atoms with Crippen LogP contribution in [0.2, 0.25) is 0 Å². The molecule has 1 heterocycles. The Morgan fingerprint density at radius 1 is 1.08 bits per heavy atom. The lowest BCUT2D eigenvalue weighted by Gasteiger charge is -1.94. The molecule has 1 fully saturated rings. The zero-order chi connectivity index (χ0) is 7.97. The maximum Gasteiger partial charge on any atom is 0.132 e. The first-order valence-electron chi connectivity index (χ1n) is 4.33. The predicted octanol–water partition coefficient (Wildman–Crippen LogP) is 2.38. The average molecular weight is 157 g/mol. The molecule has 1 aliphatic heterocycles. The van der Waals surface area contributed by atoms with Crippen molar-refractivity contribution in [2.75, 3.05) is 0 Å². The number of rotatable bonds is 1. The molecule has 0 N–H and O–H groups in total. The molecule has 1 saturated carbocycles. The topological polar surface area (TPSA) is 26.5 Å². The van der Waals surface area contributed by atoms with Gasteiger partial charge in [0, 0.05) is 5.92 Å². The van der Waals surface area contributed by atoms with Crippen LogP contribution in [-0.2, 0) is 0 Å². The summed E-state index contributed by atoms with van der Waals surface area (Å²) in [4.78, 5) is 4.46. The van der Waals surface area contributed by atoms with Crippen LogP contribution in [0.5, 0.6) is 0 Å². The summed E-state index contributed by atoms with van der Waals surface area (Å²) >= 11 is 0. The standard InChI is InChI=1S/C10H9N2/c1-2-4-9-8(3-1)11-10(12-9)7-5-6-7/h1-4,7H,5-6H2. The average Bonchev–Trinajstić information content (AvgIpc) is 2.85. The fourth-order valence-corrected chi connectivity index (χ4v) is 1.45. The first kappa shape index (κ1) is 6.23. The molecule has 1 aromatic rings. The van der Waals surface area contributed by atoms with E-state index in [1.54, 1.807) is 0 Å². The Balaban J connectivity index is 2.00. The van der Waals surface area contributed by atoms with Crippen LogP contribution in [0.25, 0.3) is 0 Å². The third-order valence-electron chi connectivity index (χ3n) is 2.29. The Labute approximate surface area is 71.3 Å². The van der Waals surface area contributed by atoms with Gasteiger partial charge in [-0.2, -0.15) is 0 Å². The zero-order valence-corrected chi connectivity index (χ0v) is 6.70. The molecule has 59 valence electrons. The predicted molar refractivity (Wildman–Crippen MR) is 48.1 cm³/mol. The number of hydrogen-bond donors (Lipinski definition) is 0. The van der Waals surface area contributed by atoms with E-state index in [1.807, 2.05) is 24.3 Å². The molecule has 1 radical (unpaired) electrons. The summed E-state index contributed by atoms with van der Waals surface area (Å²) in [5.74, 6) is 1.72. The number of hydrogen-bond acceptors (Lipinski definition) is 1. The number of para-hydroxylation sites is 2. The molecule has 0 saturated heterocycles. The van der Waals surface area contributed by atoms with Crippen molar-refractivity contribution < 1.29 is 0 Å². The van der Waals surface area contributed by atoms with Crippen LogP contribution >= 0.6 is 0 Å². The highest BCUT2D eigenvalue weighted by Gasteiger charge is 2.31. The fraction of sp³-hybridized carbons (Fsp3) is 0.300. The lowest BCUT2D eigenvalue weighted by molar-refractivity contribution is 1.10. The first-order valence-corrected chi connectivity index (χ1v) is 4.33. The van der Waals surface area contributed by atoms with Crippen molar-refractivity contribution in [1.82, 2.24) is 5.32 Å². The Bertz CT molecular complexity index is 351. The van der Waals surface area contributed by atoms with Gasteiger partial charge in [-0.05, 0) is 25.0 Å². The highest BCUT2D eigenvalue weighted by Crippen LogP contribution is 2.38. The molecule has 2 nitrogen and oxygen atoms in total. The van der Waals surface area contributed by atoms with Gasteiger partial charge in [-0.3, -0.25) is 0 Å². The molecule has 0 spiro atoms. The van der Waals surface area contributed by atoms with E-state index < -0.39 is 0 Å². The molecule has 0 aromatic heterocycles. The third kappa shape index (κ3) is 0.843. The van der Waals surface area contributed by atoms with Crippen molar-refractivity contribution in [2.24, 2.45) is 10.9 Å². The van der Waals surface area contributed by atoms with Crippen molar-refractivity contribution in [3.63, 3.8) is 0 Å². The second-order valence-electron chi connectivity index (χ2n) is 3.34. The molecular weight excluding hydrogens is 148 g/mol. The molecule has 12 heavy (non-hydrogen) atoms. The van der Waals surface area contributed by atoms with Crippen LogP contribution in [0.4, 0.5) is 11.4 Å². The van der Waals surface area contributed by atoms with Gasteiger partial charge >= 0.3 is 0 Å². The van der Waals surface area contributed by atoms with Crippen LogP contribution in [0.3, 0.4) is 0 Å². The summed E-state index contributed by atoms with van der Waals surface area (Å²) in [6.07, 6.45) is 2.55. The van der Waals surface area contributed by atoms with E-state index in [0.29, 0.717) is 5.92 Å². The van der Waals surface area contributed by atoms with Crippen molar-refractivity contribution in [1.29, 1.82) is 0 Å². The number of benzene rings is 1. The Morgan fingerprint density at radius 3 is 2.50 bits per heavy atom. The molecule has 0 amide bonds. The zero-order valence-electron chi connectivity index (χ0n) is 6.70. The molecule has 1 aliphatic carbocycles. The van der Waals surface area contributed by atoms with E-state index >= 15 is 0 Å². The van der Waals surface area contributed by atoms with Crippen molar-refractivity contribution in [3.05, 3.63) is 24.3 Å². The van der Waals surface area contributed by atoms with E-state index in [0.717, 1.165) is 17.2 Å². The van der Waals surface area contributed by atoms with E-state index in [9.17, 15) is 0 Å². The van der Waals surface area contributed by atoms with Gasteiger partial charge < -0.3 is 0 Å². The summed E-state index contributed by atoms with van der Waals surface area (Å²) < 4.78 is 0. The quantitative estimate of drug-likeness (QED) is 0.598. The lowest BCUT2D eigenvalue weighted by atomic mass is 10.3. The first-order chi connectivity index (χ1) is 5.93. The largest absolute Gasteiger partial charge is 0.231 e. The van der Waals surface area contributed by atoms with E-state index in [2.05, 4.69) is 10.3 Å². The van der Waals surface area contributed by atoms with Crippen LogP contribution in [0.1, 0.15) is 12.8 Å². The second kappa shape index (κ2) is 2.09. The van der Waals surface area contributed by atoms with Gasteiger partial charge in [0.2, 0.25) is 0 Å². The minimum absolute atomic E-state index is 0.664. The SMILES string of the molecule is c1ccc2c(c1)[N]C(C1CC1)=N2. The highest BCUT2D eigenvalue weighted by molar-refractivity contribution is 5.98. The van der Waals surface area contributed by atoms with E-state index in [1.165, 1.54) is 12.8 Å². The van der Waals surface area contributed by atoms with Gasteiger partial charge in [0.1, 0.15) is 5.84 Å². The molecule has 2 heteroatoms. The summed E-state index contributed by atoms with van der Waals surface area (Å²) in [5, 5.41) is 4.46. The minimum Gasteiger partial charge on any atom is -0.231 e. The van der Waals surface area contributed by atoms with Gasteiger partial charge in [-0.25, -0.2) is 10.3 Å². The molecule has 2 aliphatic rings. The number of fused-ring (bicyclic) bond motifs is 1. The number of amidine groups is 1. The Kier molecular flexibility index (Phi) is 1.09. The van der Waals surface area contributed by atoms with Crippen molar-refractivity contribution in [3.8, 4) is 0 Å². The van der Waals surface area contributed by atoms with E-state index in [-0.39, 0.29) is 0 Å². The normalized spacial score (nSPS) is 19.8. The van der Waals surface area contributed by atoms with Gasteiger partial charge in [0.05, 0.1) is 11.4 Å². The molecule has 0 unspecified atom stereocenters. The third-order valence-corrected chi connectivity index (χ3v) is 2.29. The van der Waals surface area contributed by atoms with Gasteiger partial charge in [0.25, 0.3) is 0 Å². The summed E-state index contributed by atoms with van der Waals surface area (Å²) in [6, 6.07) is 8.06. The smallest absolute Gasteiger partial charge is 0.132 e. The second-order valence-corrected chi connectivity index (χ2v) is 3.34. The Morgan fingerprint density at radius 2 is 1.83 bits per heavy atom. The number of nitrogens with zero attached hydrogens (tertiary/aromatic N) is 2.